The Morgan fingerprint density at radius 3 is 2.86 bits per heavy atom. The zero-order chi connectivity index (χ0) is 25.2. The molecule has 4 N–H and O–H groups in total. The minimum atomic E-state index is -0.306. The Morgan fingerprint density at radius 2 is 2.00 bits per heavy atom. The lowest BCUT2D eigenvalue weighted by molar-refractivity contribution is 0.300. The number of rotatable bonds is 5. The summed E-state index contributed by atoms with van der Waals surface area (Å²) in [5, 5.41) is 3.60. The summed E-state index contributed by atoms with van der Waals surface area (Å²) in [7, 11) is 0. The first kappa shape index (κ1) is 23.3. The third kappa shape index (κ3) is 5.22. The number of H-pyrrole nitrogens is 1. The number of aromatic amines is 1. The molecule has 37 heavy (non-hydrogen) atoms. The molecule has 2 aromatic carbocycles. The van der Waals surface area contributed by atoms with E-state index >= 15 is 0 Å². The summed E-state index contributed by atoms with van der Waals surface area (Å²) < 4.78 is 13.6. The predicted octanol–water partition coefficient (Wildman–Crippen LogP) is 4.07. The molecular formula is C28H30N6O3. The Kier molecular flexibility index (Phi) is 6.36. The quantitative estimate of drug-likeness (QED) is 0.355. The minimum absolute atomic E-state index is 0.160. The van der Waals surface area contributed by atoms with Gasteiger partial charge in [0.15, 0.2) is 11.5 Å². The molecule has 1 aliphatic carbocycles. The molecule has 1 aliphatic heterocycles. The summed E-state index contributed by atoms with van der Waals surface area (Å²) in [5.74, 6) is 1.69. The smallest absolute Gasteiger partial charge is 0.328 e. The number of aromatic nitrogens is 4. The van der Waals surface area contributed by atoms with Crippen LogP contribution >= 0.6 is 0 Å². The van der Waals surface area contributed by atoms with Crippen LogP contribution in [0.1, 0.15) is 42.4 Å². The number of anilines is 1. The van der Waals surface area contributed by atoms with Crippen LogP contribution in [0.15, 0.2) is 59.4 Å². The van der Waals surface area contributed by atoms with Crippen LogP contribution in [0.4, 0.5) is 5.82 Å². The highest BCUT2D eigenvalue weighted by Gasteiger charge is 2.17. The second-order valence-corrected chi connectivity index (χ2v) is 9.66. The summed E-state index contributed by atoms with van der Waals surface area (Å²) in [5.41, 5.74) is 9.81. The molecule has 0 amide bonds. The normalized spacial score (nSPS) is 16.6. The van der Waals surface area contributed by atoms with E-state index in [4.69, 9.17) is 15.2 Å². The highest BCUT2D eigenvalue weighted by Crippen LogP contribution is 2.27. The second kappa shape index (κ2) is 10.1. The maximum absolute atomic E-state index is 12.8. The second-order valence-electron chi connectivity index (χ2n) is 9.66. The first-order valence-electron chi connectivity index (χ1n) is 12.8. The first-order chi connectivity index (χ1) is 18.1. The number of imidazole rings is 1. The molecule has 4 bridgehead atoms. The van der Waals surface area contributed by atoms with E-state index in [1.165, 1.54) is 24.8 Å². The van der Waals surface area contributed by atoms with Crippen LogP contribution in [0, 0.1) is 0 Å². The monoisotopic (exact) mass is 498 g/mol. The van der Waals surface area contributed by atoms with Gasteiger partial charge in [0.2, 0.25) is 0 Å². The number of fused-ring (bicyclic) bond motifs is 3. The zero-order valence-electron chi connectivity index (χ0n) is 20.6. The number of hydrogen-bond acceptors (Lipinski definition) is 7. The average Bonchev–Trinajstić information content (AvgIpc) is 3.16. The number of nitrogen functional groups attached to an aromatic ring is 1. The molecule has 1 saturated carbocycles. The molecule has 9 heteroatoms. The first-order valence-corrected chi connectivity index (χ1v) is 12.8. The molecule has 3 heterocycles. The Balaban J connectivity index is 1.32. The number of nitrogens with two attached hydrogens (primary N) is 1. The Hall–Kier alpha value is -4.11. The number of ether oxygens (including phenoxy) is 2. The lowest BCUT2D eigenvalue weighted by atomic mass is 9.93. The molecule has 2 aromatic heterocycles. The third-order valence-corrected chi connectivity index (χ3v) is 6.87. The van der Waals surface area contributed by atoms with Crippen LogP contribution in [0.2, 0.25) is 0 Å². The van der Waals surface area contributed by atoms with Gasteiger partial charge in [-0.05, 0) is 66.6 Å². The van der Waals surface area contributed by atoms with Gasteiger partial charge in [-0.15, -0.1) is 0 Å². The van der Waals surface area contributed by atoms with Crippen LogP contribution in [-0.4, -0.2) is 32.2 Å². The fourth-order valence-corrected chi connectivity index (χ4v) is 4.71. The topological polar surface area (TPSA) is 120 Å². The number of nitrogens with zero attached hydrogens (tertiary/aromatic N) is 3. The van der Waals surface area contributed by atoms with E-state index in [-0.39, 0.29) is 17.5 Å². The number of hydrogen-bond donors (Lipinski definition) is 3. The van der Waals surface area contributed by atoms with Gasteiger partial charge >= 0.3 is 11.7 Å². The van der Waals surface area contributed by atoms with Gasteiger partial charge in [-0.1, -0.05) is 36.8 Å². The highest BCUT2D eigenvalue weighted by molar-refractivity contribution is 5.82. The van der Waals surface area contributed by atoms with Gasteiger partial charge in [0, 0.05) is 12.6 Å². The third-order valence-electron chi connectivity index (χ3n) is 6.87. The number of benzene rings is 2. The minimum Gasteiger partial charge on any atom is -0.463 e. The van der Waals surface area contributed by atoms with Crippen LogP contribution in [0.25, 0.3) is 11.2 Å². The van der Waals surface area contributed by atoms with Crippen molar-refractivity contribution in [3.8, 4) is 17.5 Å². The molecule has 0 atom stereocenters. The molecule has 6 rings (SSSR count). The largest absolute Gasteiger partial charge is 0.463 e. The van der Waals surface area contributed by atoms with Crippen molar-refractivity contribution in [1.29, 1.82) is 0 Å². The Morgan fingerprint density at radius 1 is 1.11 bits per heavy atom. The van der Waals surface area contributed by atoms with Crippen molar-refractivity contribution >= 4 is 17.0 Å². The number of nitrogens with one attached hydrogen (secondary N) is 2. The molecular weight excluding hydrogens is 468 g/mol. The summed E-state index contributed by atoms with van der Waals surface area (Å²) in [6, 6.07) is 15.1. The molecule has 190 valence electrons. The fraction of sp³-hybridized carbons (Fsp3) is 0.321. The van der Waals surface area contributed by atoms with Crippen molar-refractivity contribution in [3.63, 3.8) is 0 Å². The van der Waals surface area contributed by atoms with E-state index in [2.05, 4.69) is 50.6 Å². The molecule has 4 aromatic rings. The molecule has 2 aliphatic rings. The van der Waals surface area contributed by atoms with Gasteiger partial charge in [-0.2, -0.15) is 9.97 Å². The van der Waals surface area contributed by atoms with Crippen LogP contribution < -0.4 is 26.2 Å². The van der Waals surface area contributed by atoms with Crippen LogP contribution in [0.3, 0.4) is 0 Å². The van der Waals surface area contributed by atoms with E-state index in [1.807, 2.05) is 24.3 Å². The van der Waals surface area contributed by atoms with Gasteiger partial charge in [-0.25, -0.2) is 4.79 Å². The predicted molar refractivity (Wildman–Crippen MR) is 142 cm³/mol. The summed E-state index contributed by atoms with van der Waals surface area (Å²) in [4.78, 5) is 24.3. The zero-order valence-corrected chi connectivity index (χ0v) is 20.6. The Labute approximate surface area is 214 Å². The summed E-state index contributed by atoms with van der Waals surface area (Å²) in [6.07, 6.45) is 9.45. The standard InChI is InChI=1S/C28H30N6O3/c29-25-24-26-33-27(32-25)36-11-3-1-2-6-18-12-20(17-34(26)28(35)31-24)15-23(13-18)37-22-10-4-7-19(14-22)16-30-21-8-5-9-21/h1-2,4,7,10,12-15,21,30H,3,5-6,8-9,11,16-17H2,(H,31,35)(H2,29,32,33)/b2-1+. The van der Waals surface area contributed by atoms with E-state index in [1.54, 1.807) is 4.57 Å². The van der Waals surface area contributed by atoms with Crippen molar-refractivity contribution in [2.75, 3.05) is 12.3 Å². The van der Waals surface area contributed by atoms with E-state index in [0.717, 1.165) is 35.6 Å². The average molecular weight is 499 g/mol. The molecule has 0 unspecified atom stereocenters. The molecule has 0 radical (unpaired) electrons. The van der Waals surface area contributed by atoms with Crippen molar-refractivity contribution in [1.82, 2.24) is 24.8 Å². The van der Waals surface area contributed by atoms with Gasteiger partial charge in [0.25, 0.3) is 0 Å². The molecule has 1 fully saturated rings. The maximum atomic E-state index is 12.8. The van der Waals surface area contributed by atoms with Gasteiger partial charge in [-0.3, -0.25) is 4.57 Å². The Bertz CT molecular complexity index is 1520. The number of allylic oxidation sites excluding steroid dienone is 1. The van der Waals surface area contributed by atoms with Crippen molar-refractivity contribution in [2.24, 2.45) is 0 Å². The fourth-order valence-electron chi connectivity index (χ4n) is 4.71. The van der Waals surface area contributed by atoms with Crippen molar-refractivity contribution in [3.05, 3.63) is 81.8 Å². The maximum Gasteiger partial charge on any atom is 0.328 e. The van der Waals surface area contributed by atoms with E-state index in [9.17, 15) is 4.79 Å². The lowest BCUT2D eigenvalue weighted by Crippen LogP contribution is -2.34. The van der Waals surface area contributed by atoms with Crippen molar-refractivity contribution in [2.45, 2.75) is 51.2 Å². The summed E-state index contributed by atoms with van der Waals surface area (Å²) in [6.45, 7) is 1.54. The van der Waals surface area contributed by atoms with Gasteiger partial charge < -0.3 is 25.5 Å². The lowest BCUT2D eigenvalue weighted by Gasteiger charge is -2.26. The van der Waals surface area contributed by atoms with Crippen molar-refractivity contribution < 1.29 is 9.47 Å². The highest BCUT2D eigenvalue weighted by atomic mass is 16.5. The van der Waals surface area contributed by atoms with Gasteiger partial charge in [0.1, 0.15) is 17.0 Å². The van der Waals surface area contributed by atoms with Crippen LogP contribution in [0.5, 0.6) is 17.5 Å². The molecule has 0 spiro atoms. The van der Waals surface area contributed by atoms with Crippen LogP contribution in [-0.2, 0) is 19.5 Å². The molecule has 0 saturated heterocycles. The van der Waals surface area contributed by atoms with Gasteiger partial charge in [0.05, 0.1) is 13.2 Å². The molecule has 9 nitrogen and oxygen atoms in total. The SMILES string of the molecule is Nc1nc2nc3c1[nH]c(=O)n3Cc1cc(cc(Oc3cccc(CNC4CCC4)c3)c1)C/C=C/CCO2. The van der Waals surface area contributed by atoms with E-state index in [0.29, 0.717) is 36.8 Å². The van der Waals surface area contributed by atoms with E-state index < -0.39 is 0 Å². The summed E-state index contributed by atoms with van der Waals surface area (Å²) >= 11 is 0.